The van der Waals surface area contributed by atoms with Gasteiger partial charge in [0.1, 0.15) is 5.82 Å². The maximum absolute atomic E-state index is 5.85. The van der Waals surface area contributed by atoms with Crippen molar-refractivity contribution in [1.82, 2.24) is 15.3 Å². The molecular weight excluding hydrogens is 377 g/mol. The van der Waals surface area contributed by atoms with Gasteiger partial charge in [0, 0.05) is 19.5 Å². The van der Waals surface area contributed by atoms with Crippen molar-refractivity contribution in [3.8, 4) is 0 Å². The van der Waals surface area contributed by atoms with Crippen molar-refractivity contribution in [1.29, 1.82) is 0 Å². The van der Waals surface area contributed by atoms with Crippen LogP contribution in [0.5, 0.6) is 0 Å². The summed E-state index contributed by atoms with van der Waals surface area (Å²) >= 11 is 0. The molecule has 6 heteroatoms. The third-order valence-electron chi connectivity index (χ3n) is 3.85. The van der Waals surface area contributed by atoms with Gasteiger partial charge in [-0.05, 0) is 30.9 Å². The van der Waals surface area contributed by atoms with Crippen LogP contribution in [0.3, 0.4) is 0 Å². The summed E-state index contributed by atoms with van der Waals surface area (Å²) in [5, 5.41) is 3.15. The molecule has 0 atom stereocenters. The zero-order valence-corrected chi connectivity index (χ0v) is 14.3. The number of H-pyrrole nitrogens is 1. The summed E-state index contributed by atoms with van der Waals surface area (Å²) in [6.07, 6.45) is 4.76. The predicted octanol–water partition coefficient (Wildman–Crippen LogP) is 2.43. The monoisotopic (exact) mass is 399 g/mol. The second kappa shape index (κ2) is 7.63. The average molecular weight is 399 g/mol. The number of aromatic nitrogens is 2. The molecule has 1 aromatic heterocycles. The summed E-state index contributed by atoms with van der Waals surface area (Å²) in [5.74, 6) is 2.28. The number of imidazole rings is 1. The zero-order valence-electron chi connectivity index (χ0n) is 12.0. The number of nitrogens with zero attached hydrogens (tertiary/aromatic N) is 2. The minimum atomic E-state index is 0. The van der Waals surface area contributed by atoms with Crippen molar-refractivity contribution in [2.45, 2.75) is 25.7 Å². The molecule has 0 spiro atoms. The summed E-state index contributed by atoms with van der Waals surface area (Å²) in [7, 11) is 0. The van der Waals surface area contributed by atoms with E-state index >= 15 is 0 Å². The molecule has 0 unspecified atom stereocenters. The number of guanidine groups is 1. The van der Waals surface area contributed by atoms with Crippen LogP contribution in [0.4, 0.5) is 0 Å². The smallest absolute Gasteiger partial charge is 0.188 e. The lowest BCUT2D eigenvalue weighted by Crippen LogP contribution is -2.34. The summed E-state index contributed by atoms with van der Waals surface area (Å²) in [5.41, 5.74) is 7.93. The second-order valence-corrected chi connectivity index (χ2v) is 5.40. The number of hydrogen-bond acceptors (Lipinski definition) is 2. The summed E-state index contributed by atoms with van der Waals surface area (Å²) in [6, 6.07) is 8.05. The number of benzene rings is 1. The Morgan fingerprint density at radius 3 is 2.90 bits per heavy atom. The Hall–Kier alpha value is -1.31. The van der Waals surface area contributed by atoms with E-state index in [0.717, 1.165) is 42.3 Å². The number of halogens is 1. The lowest BCUT2D eigenvalue weighted by molar-refractivity contribution is 0.326. The molecule has 0 aliphatic heterocycles. The van der Waals surface area contributed by atoms with E-state index in [2.05, 4.69) is 20.3 Å². The molecule has 1 aromatic carbocycles. The topological polar surface area (TPSA) is 79.1 Å². The van der Waals surface area contributed by atoms with E-state index < -0.39 is 0 Å². The van der Waals surface area contributed by atoms with Gasteiger partial charge in [-0.2, -0.15) is 0 Å². The second-order valence-electron chi connectivity index (χ2n) is 5.40. The zero-order chi connectivity index (χ0) is 13.8. The van der Waals surface area contributed by atoms with Gasteiger partial charge in [0.2, 0.25) is 0 Å². The standard InChI is InChI=1S/C15H21N5.HI/c16-15(18-10-11-4-3-5-11)17-9-8-14-19-12-6-1-2-7-13(12)20-14;/h1-2,6-7,11H,3-5,8-10H2,(H,19,20)(H3,16,17,18);1H. The molecule has 0 amide bonds. The van der Waals surface area contributed by atoms with Crippen LogP contribution in [0.25, 0.3) is 11.0 Å². The van der Waals surface area contributed by atoms with Gasteiger partial charge in [-0.15, -0.1) is 24.0 Å². The van der Waals surface area contributed by atoms with E-state index in [9.17, 15) is 0 Å². The van der Waals surface area contributed by atoms with Crippen LogP contribution < -0.4 is 11.1 Å². The fourth-order valence-electron chi connectivity index (χ4n) is 2.39. The summed E-state index contributed by atoms with van der Waals surface area (Å²) < 4.78 is 0. The van der Waals surface area contributed by atoms with Crippen LogP contribution in [-0.4, -0.2) is 29.0 Å². The highest BCUT2D eigenvalue weighted by atomic mass is 127. The van der Waals surface area contributed by atoms with Crippen molar-refractivity contribution in [3.63, 3.8) is 0 Å². The molecule has 2 aromatic rings. The van der Waals surface area contributed by atoms with Gasteiger partial charge in [-0.25, -0.2) is 4.98 Å². The molecule has 1 aliphatic rings. The third kappa shape index (κ3) is 4.33. The number of hydrogen-bond donors (Lipinski definition) is 3. The molecule has 0 bridgehead atoms. The lowest BCUT2D eigenvalue weighted by atomic mass is 9.86. The van der Waals surface area contributed by atoms with Crippen molar-refractivity contribution in [3.05, 3.63) is 30.1 Å². The fourth-order valence-corrected chi connectivity index (χ4v) is 2.39. The molecule has 4 N–H and O–H groups in total. The molecule has 1 aliphatic carbocycles. The van der Waals surface area contributed by atoms with Crippen LogP contribution in [0.15, 0.2) is 29.3 Å². The highest BCUT2D eigenvalue weighted by Crippen LogP contribution is 2.26. The number of rotatable bonds is 5. The first-order chi connectivity index (χ1) is 9.81. The van der Waals surface area contributed by atoms with Gasteiger partial charge in [0.25, 0.3) is 0 Å². The van der Waals surface area contributed by atoms with Crippen LogP contribution in [0.2, 0.25) is 0 Å². The van der Waals surface area contributed by atoms with Crippen LogP contribution in [0, 0.1) is 5.92 Å². The summed E-state index contributed by atoms with van der Waals surface area (Å²) in [6.45, 7) is 1.61. The molecular formula is C15H22IN5. The third-order valence-corrected chi connectivity index (χ3v) is 3.85. The van der Waals surface area contributed by atoms with Crippen molar-refractivity contribution >= 4 is 41.0 Å². The first-order valence-corrected chi connectivity index (χ1v) is 7.28. The SMILES string of the molecule is I.NC(=NCC1CCC1)NCCc1nc2ccccc2[nH]1. The Morgan fingerprint density at radius 1 is 1.38 bits per heavy atom. The number of aliphatic imine (C=N–C) groups is 1. The Labute approximate surface area is 141 Å². The lowest BCUT2D eigenvalue weighted by Gasteiger charge is -2.23. The molecule has 0 saturated heterocycles. The number of fused-ring (bicyclic) bond motifs is 1. The minimum Gasteiger partial charge on any atom is -0.370 e. The first kappa shape index (κ1) is 16.1. The molecule has 1 heterocycles. The highest BCUT2D eigenvalue weighted by molar-refractivity contribution is 14.0. The molecule has 5 nitrogen and oxygen atoms in total. The molecule has 114 valence electrons. The van der Waals surface area contributed by atoms with Gasteiger partial charge in [0.05, 0.1) is 11.0 Å². The van der Waals surface area contributed by atoms with E-state index in [1.54, 1.807) is 0 Å². The number of nitrogens with one attached hydrogen (secondary N) is 2. The van der Waals surface area contributed by atoms with Gasteiger partial charge < -0.3 is 16.0 Å². The van der Waals surface area contributed by atoms with Gasteiger partial charge >= 0.3 is 0 Å². The van der Waals surface area contributed by atoms with Gasteiger partial charge in [-0.1, -0.05) is 18.6 Å². The maximum Gasteiger partial charge on any atom is 0.188 e. The Balaban J connectivity index is 0.00000161. The number of aromatic amines is 1. The van der Waals surface area contributed by atoms with Crippen molar-refractivity contribution < 1.29 is 0 Å². The van der Waals surface area contributed by atoms with Crippen molar-refractivity contribution in [2.24, 2.45) is 16.6 Å². The molecule has 21 heavy (non-hydrogen) atoms. The van der Waals surface area contributed by atoms with E-state index in [1.165, 1.54) is 19.3 Å². The van der Waals surface area contributed by atoms with E-state index in [4.69, 9.17) is 5.73 Å². The Bertz CT molecular complexity index is 570. The van der Waals surface area contributed by atoms with E-state index in [1.807, 2.05) is 24.3 Å². The van der Waals surface area contributed by atoms with Crippen molar-refractivity contribution in [2.75, 3.05) is 13.1 Å². The molecule has 1 saturated carbocycles. The first-order valence-electron chi connectivity index (χ1n) is 7.28. The molecule has 3 rings (SSSR count). The van der Waals surface area contributed by atoms with E-state index in [0.29, 0.717) is 5.96 Å². The molecule has 0 radical (unpaired) electrons. The quantitative estimate of drug-likeness (QED) is 0.411. The van der Waals surface area contributed by atoms with Gasteiger partial charge in [-0.3, -0.25) is 4.99 Å². The van der Waals surface area contributed by atoms with E-state index in [-0.39, 0.29) is 24.0 Å². The van der Waals surface area contributed by atoms with Gasteiger partial charge in [0.15, 0.2) is 5.96 Å². The Morgan fingerprint density at radius 2 is 2.19 bits per heavy atom. The largest absolute Gasteiger partial charge is 0.370 e. The number of para-hydroxylation sites is 2. The fraction of sp³-hybridized carbons (Fsp3) is 0.467. The van der Waals surface area contributed by atoms with Crippen LogP contribution >= 0.6 is 24.0 Å². The summed E-state index contributed by atoms with van der Waals surface area (Å²) in [4.78, 5) is 12.2. The van der Waals surface area contributed by atoms with Crippen LogP contribution in [-0.2, 0) is 6.42 Å². The maximum atomic E-state index is 5.85. The van der Waals surface area contributed by atoms with Crippen LogP contribution in [0.1, 0.15) is 25.1 Å². The number of nitrogens with two attached hydrogens (primary N) is 1. The normalized spacial score (nSPS) is 15.5. The average Bonchev–Trinajstić information content (AvgIpc) is 2.79. The minimum absolute atomic E-state index is 0. The Kier molecular flexibility index (Phi) is 5.84. The highest BCUT2D eigenvalue weighted by Gasteiger charge is 2.16. The predicted molar refractivity (Wildman–Crippen MR) is 97.0 cm³/mol. The molecule has 1 fully saturated rings.